The highest BCUT2D eigenvalue weighted by Gasteiger charge is 2.62. The van der Waals surface area contributed by atoms with Gasteiger partial charge in [-0.05, 0) is 24.3 Å². The van der Waals surface area contributed by atoms with E-state index in [1.54, 1.807) is 0 Å². The summed E-state index contributed by atoms with van der Waals surface area (Å²) in [7, 11) is 0. The lowest BCUT2D eigenvalue weighted by Gasteiger charge is -2.16. The lowest BCUT2D eigenvalue weighted by molar-refractivity contribution is -0.132. The van der Waals surface area contributed by atoms with Gasteiger partial charge in [0, 0.05) is 18.4 Å². The van der Waals surface area contributed by atoms with Gasteiger partial charge in [0.2, 0.25) is 5.91 Å². The summed E-state index contributed by atoms with van der Waals surface area (Å²) in [4.78, 5) is 14.4. The molecule has 1 aliphatic heterocycles. The third-order valence-corrected chi connectivity index (χ3v) is 4.96. The smallest absolute Gasteiger partial charge is 0.229 e. The Labute approximate surface area is 110 Å². The van der Waals surface area contributed by atoms with E-state index in [-0.39, 0.29) is 5.41 Å². The SMILES string of the molecule is O=C1N(Cc2ccccc2)CC[C@]12C[C@H]2CBr. The molecule has 1 amide bonds. The molecule has 0 aromatic heterocycles. The molecule has 1 saturated carbocycles. The number of hydrogen-bond donors (Lipinski definition) is 0. The van der Waals surface area contributed by atoms with Crippen molar-refractivity contribution in [3.63, 3.8) is 0 Å². The highest BCUT2D eigenvalue weighted by atomic mass is 79.9. The van der Waals surface area contributed by atoms with Crippen molar-refractivity contribution >= 4 is 21.8 Å². The van der Waals surface area contributed by atoms with Crippen molar-refractivity contribution in [3.8, 4) is 0 Å². The van der Waals surface area contributed by atoms with Crippen LogP contribution in [0.3, 0.4) is 0 Å². The fraction of sp³-hybridized carbons (Fsp3) is 0.500. The first-order valence-electron chi connectivity index (χ1n) is 6.15. The molecule has 0 N–H and O–H groups in total. The second-order valence-electron chi connectivity index (χ2n) is 5.17. The number of nitrogens with zero attached hydrogens (tertiary/aromatic N) is 1. The van der Waals surface area contributed by atoms with Gasteiger partial charge in [-0.2, -0.15) is 0 Å². The van der Waals surface area contributed by atoms with E-state index < -0.39 is 0 Å². The maximum absolute atomic E-state index is 12.4. The molecule has 90 valence electrons. The third-order valence-electron chi connectivity index (χ3n) is 4.18. The summed E-state index contributed by atoms with van der Waals surface area (Å²) >= 11 is 3.50. The zero-order valence-corrected chi connectivity index (χ0v) is 11.3. The zero-order valence-electron chi connectivity index (χ0n) is 9.73. The Morgan fingerprint density at radius 3 is 2.76 bits per heavy atom. The highest BCUT2D eigenvalue weighted by Crippen LogP contribution is 2.59. The molecule has 3 heteroatoms. The van der Waals surface area contributed by atoms with E-state index in [1.807, 2.05) is 23.1 Å². The largest absolute Gasteiger partial charge is 0.338 e. The lowest BCUT2D eigenvalue weighted by Crippen LogP contribution is -2.28. The first-order valence-corrected chi connectivity index (χ1v) is 7.28. The van der Waals surface area contributed by atoms with Crippen LogP contribution < -0.4 is 0 Å². The highest BCUT2D eigenvalue weighted by molar-refractivity contribution is 9.09. The van der Waals surface area contributed by atoms with Crippen molar-refractivity contribution in [2.24, 2.45) is 11.3 Å². The van der Waals surface area contributed by atoms with Crippen molar-refractivity contribution in [3.05, 3.63) is 35.9 Å². The van der Waals surface area contributed by atoms with Crippen molar-refractivity contribution in [1.29, 1.82) is 0 Å². The molecule has 2 nitrogen and oxygen atoms in total. The summed E-state index contributed by atoms with van der Waals surface area (Å²) in [5.74, 6) is 0.960. The summed E-state index contributed by atoms with van der Waals surface area (Å²) in [6.45, 7) is 1.70. The molecular formula is C14H16BrNO. The molecule has 0 radical (unpaired) electrons. The minimum atomic E-state index is 0.0122. The van der Waals surface area contributed by atoms with Gasteiger partial charge in [-0.15, -0.1) is 0 Å². The standard InChI is InChI=1S/C14H16BrNO/c15-9-12-8-14(12)6-7-16(13(14)17)10-11-4-2-1-3-5-11/h1-5,12H,6-10H2/t12-,14+/m0/s1. The topological polar surface area (TPSA) is 20.3 Å². The number of benzene rings is 1. The van der Waals surface area contributed by atoms with E-state index in [4.69, 9.17) is 0 Å². The Kier molecular flexibility index (Phi) is 2.74. The van der Waals surface area contributed by atoms with Crippen LogP contribution in [0.5, 0.6) is 0 Å². The quantitative estimate of drug-likeness (QED) is 0.785. The average molecular weight is 294 g/mol. The molecule has 1 aromatic rings. The van der Waals surface area contributed by atoms with Crippen LogP contribution in [-0.2, 0) is 11.3 Å². The van der Waals surface area contributed by atoms with Crippen LogP contribution in [0, 0.1) is 11.3 Å². The maximum Gasteiger partial charge on any atom is 0.229 e. The van der Waals surface area contributed by atoms with Crippen LogP contribution in [0.4, 0.5) is 0 Å². The van der Waals surface area contributed by atoms with Gasteiger partial charge in [0.05, 0.1) is 5.41 Å². The molecule has 3 rings (SSSR count). The van der Waals surface area contributed by atoms with Gasteiger partial charge >= 0.3 is 0 Å². The van der Waals surface area contributed by atoms with E-state index in [1.165, 1.54) is 5.56 Å². The third kappa shape index (κ3) is 1.81. The summed E-state index contributed by atoms with van der Waals surface area (Å²) in [6.07, 6.45) is 2.14. The molecule has 2 atom stereocenters. The molecule has 17 heavy (non-hydrogen) atoms. The Hall–Kier alpha value is -0.830. The fourth-order valence-corrected chi connectivity index (χ4v) is 3.81. The average Bonchev–Trinajstić information content (AvgIpc) is 3.02. The van der Waals surface area contributed by atoms with Crippen LogP contribution in [0.15, 0.2) is 30.3 Å². The van der Waals surface area contributed by atoms with E-state index in [0.717, 1.165) is 31.3 Å². The Morgan fingerprint density at radius 1 is 1.35 bits per heavy atom. The van der Waals surface area contributed by atoms with Crippen molar-refractivity contribution in [2.45, 2.75) is 19.4 Å². The normalized spacial score (nSPS) is 31.2. The van der Waals surface area contributed by atoms with Crippen LogP contribution in [0.25, 0.3) is 0 Å². The van der Waals surface area contributed by atoms with E-state index in [2.05, 4.69) is 28.1 Å². The van der Waals surface area contributed by atoms with Crippen LogP contribution in [0.1, 0.15) is 18.4 Å². The molecule has 1 heterocycles. The van der Waals surface area contributed by atoms with Crippen molar-refractivity contribution < 1.29 is 4.79 Å². The molecular weight excluding hydrogens is 278 g/mol. The molecule has 1 saturated heterocycles. The fourth-order valence-electron chi connectivity index (χ4n) is 2.96. The van der Waals surface area contributed by atoms with E-state index in [9.17, 15) is 4.79 Å². The molecule has 1 spiro atoms. The van der Waals surface area contributed by atoms with Crippen LogP contribution >= 0.6 is 15.9 Å². The predicted octanol–water partition coefficient (Wildman–Crippen LogP) is 2.82. The molecule has 2 aliphatic rings. The minimum absolute atomic E-state index is 0.0122. The number of alkyl halides is 1. The molecule has 2 fully saturated rings. The monoisotopic (exact) mass is 293 g/mol. The predicted molar refractivity (Wildman–Crippen MR) is 70.8 cm³/mol. The van der Waals surface area contributed by atoms with Gasteiger partial charge in [-0.1, -0.05) is 46.3 Å². The van der Waals surface area contributed by atoms with Gasteiger partial charge in [0.1, 0.15) is 0 Å². The molecule has 1 aliphatic carbocycles. The second kappa shape index (κ2) is 4.13. The number of halogens is 1. The van der Waals surface area contributed by atoms with Gasteiger partial charge < -0.3 is 4.90 Å². The Morgan fingerprint density at radius 2 is 2.12 bits per heavy atom. The summed E-state index contributed by atoms with van der Waals surface area (Å²) in [5, 5.41) is 0.970. The van der Waals surface area contributed by atoms with Gasteiger partial charge in [0.25, 0.3) is 0 Å². The number of carbonyl (C=O) groups excluding carboxylic acids is 1. The summed E-state index contributed by atoms with van der Waals surface area (Å²) in [6, 6.07) is 10.3. The molecule has 1 aromatic carbocycles. The van der Waals surface area contributed by atoms with Gasteiger partial charge in [0.15, 0.2) is 0 Å². The number of hydrogen-bond acceptors (Lipinski definition) is 1. The van der Waals surface area contributed by atoms with E-state index in [0.29, 0.717) is 11.8 Å². The Balaban J connectivity index is 1.70. The number of carbonyl (C=O) groups is 1. The van der Waals surface area contributed by atoms with Crippen LogP contribution in [0.2, 0.25) is 0 Å². The number of rotatable bonds is 3. The first-order chi connectivity index (χ1) is 8.26. The van der Waals surface area contributed by atoms with Gasteiger partial charge in [-0.25, -0.2) is 0 Å². The summed E-state index contributed by atoms with van der Waals surface area (Å²) < 4.78 is 0. The second-order valence-corrected chi connectivity index (χ2v) is 5.82. The summed E-state index contributed by atoms with van der Waals surface area (Å²) in [5.41, 5.74) is 1.24. The molecule has 0 unspecified atom stereocenters. The first kappa shape index (κ1) is 11.3. The number of likely N-dealkylation sites (tertiary alicyclic amines) is 1. The van der Waals surface area contributed by atoms with Gasteiger partial charge in [-0.3, -0.25) is 4.79 Å². The van der Waals surface area contributed by atoms with Crippen molar-refractivity contribution in [1.82, 2.24) is 4.90 Å². The Bertz CT molecular complexity index is 433. The maximum atomic E-state index is 12.4. The lowest BCUT2D eigenvalue weighted by atomic mass is 10.0. The molecule has 0 bridgehead atoms. The van der Waals surface area contributed by atoms with E-state index >= 15 is 0 Å². The van der Waals surface area contributed by atoms with Crippen LogP contribution in [-0.4, -0.2) is 22.7 Å². The van der Waals surface area contributed by atoms with Crippen molar-refractivity contribution in [2.75, 3.05) is 11.9 Å². The minimum Gasteiger partial charge on any atom is -0.338 e. The zero-order chi connectivity index (χ0) is 11.9. The number of amides is 1.